The Bertz CT molecular complexity index is 1500. The van der Waals surface area contributed by atoms with E-state index in [0.29, 0.717) is 36.2 Å². The molecule has 0 radical (unpaired) electrons. The van der Waals surface area contributed by atoms with Crippen molar-refractivity contribution in [2.24, 2.45) is 11.1 Å². The Morgan fingerprint density at radius 1 is 0.947 bits per heavy atom. The molecule has 8 nitrogen and oxygen atoms in total. The number of aromatic amines is 1. The second-order valence-corrected chi connectivity index (χ2v) is 8.68. The van der Waals surface area contributed by atoms with Gasteiger partial charge < -0.3 is 15.5 Å². The predicted molar refractivity (Wildman–Crippen MR) is 128 cm³/mol. The van der Waals surface area contributed by atoms with Gasteiger partial charge in [0.2, 0.25) is 11.8 Å². The van der Waals surface area contributed by atoms with Crippen molar-refractivity contribution >= 4 is 23.2 Å². The van der Waals surface area contributed by atoms with E-state index in [0.717, 1.165) is 0 Å². The molecule has 12 heteroatoms. The summed E-state index contributed by atoms with van der Waals surface area (Å²) in [5, 5.41) is 0. The molecule has 3 N–H and O–H groups in total. The number of nitrogens with zero attached hydrogens (tertiary/aromatic N) is 3. The number of H-pyrrole nitrogens is 1. The maximum Gasteiger partial charge on any atom is 0.432 e. The highest BCUT2D eigenvalue weighted by atomic mass is 19.4. The number of carbonyl (C=O) groups is 2. The molecule has 0 spiro atoms. The summed E-state index contributed by atoms with van der Waals surface area (Å²) in [4.78, 5) is 36.7. The zero-order chi connectivity index (χ0) is 27.1. The monoisotopic (exact) mass is 525 g/mol. The second kappa shape index (κ2) is 9.29. The first-order chi connectivity index (χ1) is 18.1. The zero-order valence-corrected chi connectivity index (χ0v) is 19.5. The van der Waals surface area contributed by atoms with E-state index in [1.165, 1.54) is 47.5 Å². The van der Waals surface area contributed by atoms with Gasteiger partial charge in [0.05, 0.1) is 6.20 Å². The molecule has 2 aromatic heterocycles. The van der Waals surface area contributed by atoms with Crippen LogP contribution in [0.3, 0.4) is 0 Å². The first kappa shape index (κ1) is 24.9. The van der Waals surface area contributed by atoms with Crippen LogP contribution in [0.5, 0.6) is 11.5 Å². The summed E-state index contributed by atoms with van der Waals surface area (Å²) in [7, 11) is 0. The first-order valence-corrected chi connectivity index (χ1v) is 11.3. The lowest BCUT2D eigenvalue weighted by Crippen LogP contribution is -2.41. The van der Waals surface area contributed by atoms with Crippen molar-refractivity contribution in [3.63, 3.8) is 0 Å². The maximum atomic E-state index is 13.5. The molecule has 1 aliphatic carbocycles. The summed E-state index contributed by atoms with van der Waals surface area (Å²) in [5.41, 5.74) is 4.09. The number of nitrogens with two attached hydrogens (primary N) is 1. The molecule has 1 saturated carbocycles. The van der Waals surface area contributed by atoms with Crippen LogP contribution in [0.15, 0.2) is 73.1 Å². The number of ether oxygens (including phenoxy) is 1. The van der Waals surface area contributed by atoms with E-state index in [1.54, 1.807) is 24.3 Å². The molecule has 1 aliphatic rings. The van der Waals surface area contributed by atoms with E-state index in [4.69, 9.17) is 10.5 Å². The van der Waals surface area contributed by atoms with Crippen LogP contribution < -0.4 is 15.4 Å². The predicted octanol–water partition coefficient (Wildman–Crippen LogP) is 5.35. The number of amides is 2. The molecule has 4 aromatic rings. The van der Waals surface area contributed by atoms with E-state index >= 15 is 0 Å². The third-order valence-electron chi connectivity index (χ3n) is 6.10. The summed E-state index contributed by atoms with van der Waals surface area (Å²) in [6.45, 7) is 0. The summed E-state index contributed by atoms with van der Waals surface area (Å²) >= 11 is 0. The Hall–Kier alpha value is -4.74. The van der Waals surface area contributed by atoms with E-state index < -0.39 is 34.9 Å². The Kier molecular flexibility index (Phi) is 6.09. The van der Waals surface area contributed by atoms with Crippen LogP contribution in [0.4, 0.5) is 28.9 Å². The van der Waals surface area contributed by atoms with E-state index in [-0.39, 0.29) is 17.3 Å². The highest BCUT2D eigenvalue weighted by Gasteiger charge is 2.57. The normalized spacial score (nSPS) is 14.1. The topological polar surface area (TPSA) is 114 Å². The molecule has 2 heterocycles. The first-order valence-electron chi connectivity index (χ1n) is 11.3. The zero-order valence-electron chi connectivity index (χ0n) is 19.5. The van der Waals surface area contributed by atoms with Gasteiger partial charge in [-0.3, -0.25) is 19.5 Å². The van der Waals surface area contributed by atoms with Gasteiger partial charge in [0.25, 0.3) is 0 Å². The number of hydrogen-bond donors (Lipinski definition) is 2. The van der Waals surface area contributed by atoms with Gasteiger partial charge in [0.1, 0.15) is 34.1 Å². The Balaban J connectivity index is 1.39. The van der Waals surface area contributed by atoms with Crippen molar-refractivity contribution in [2.75, 3.05) is 4.90 Å². The highest BCUT2D eigenvalue weighted by molar-refractivity contribution is 6.16. The standard InChI is InChI=1S/C26H19F4N5O3/c27-15-1-3-16(4-2-15)35(24(37)25(10-11-25)23(31)36)17-5-7-18(8-6-17)38-19-9-12-32-20(13-19)22-33-14-21(34-22)26(28,29)30/h1-9,12-14H,10-11H2,(H2,31,36)(H,33,34). The molecule has 5 rings (SSSR count). The van der Waals surface area contributed by atoms with Gasteiger partial charge >= 0.3 is 6.18 Å². The third kappa shape index (κ3) is 4.80. The number of rotatable bonds is 7. The number of alkyl halides is 3. The van der Waals surface area contributed by atoms with Gasteiger partial charge in [0, 0.05) is 23.6 Å². The van der Waals surface area contributed by atoms with E-state index in [1.807, 2.05) is 0 Å². The van der Waals surface area contributed by atoms with Gasteiger partial charge in [-0.15, -0.1) is 0 Å². The fraction of sp³-hybridized carbons (Fsp3) is 0.154. The molecular formula is C26H19F4N5O3. The minimum atomic E-state index is -4.57. The number of hydrogen-bond acceptors (Lipinski definition) is 5. The van der Waals surface area contributed by atoms with Crippen LogP contribution in [-0.4, -0.2) is 26.8 Å². The number of imidazole rings is 1. The molecule has 2 aromatic carbocycles. The number of halogens is 4. The largest absolute Gasteiger partial charge is 0.457 e. The fourth-order valence-electron chi connectivity index (χ4n) is 3.88. The molecule has 194 valence electrons. The lowest BCUT2D eigenvalue weighted by Gasteiger charge is -2.26. The van der Waals surface area contributed by atoms with Crippen LogP contribution in [0.2, 0.25) is 0 Å². The van der Waals surface area contributed by atoms with Gasteiger partial charge in [-0.2, -0.15) is 13.2 Å². The van der Waals surface area contributed by atoms with Crippen molar-refractivity contribution < 1.29 is 31.9 Å². The maximum absolute atomic E-state index is 13.5. The lowest BCUT2D eigenvalue weighted by molar-refractivity contribution is -0.141. The summed E-state index contributed by atoms with van der Waals surface area (Å²) < 4.78 is 58.0. The number of primary amides is 1. The summed E-state index contributed by atoms with van der Waals surface area (Å²) in [5.74, 6) is -1.16. The molecule has 0 saturated heterocycles. The summed E-state index contributed by atoms with van der Waals surface area (Å²) in [6, 6.07) is 14.5. The quantitative estimate of drug-likeness (QED) is 0.249. The van der Waals surface area contributed by atoms with E-state index in [2.05, 4.69) is 15.0 Å². The van der Waals surface area contributed by atoms with Crippen LogP contribution in [0.1, 0.15) is 18.5 Å². The van der Waals surface area contributed by atoms with Gasteiger partial charge in [-0.1, -0.05) is 0 Å². The second-order valence-electron chi connectivity index (χ2n) is 8.68. The molecule has 0 bridgehead atoms. The van der Waals surface area contributed by atoms with Crippen molar-refractivity contribution in [1.82, 2.24) is 15.0 Å². The number of aromatic nitrogens is 3. The molecule has 0 atom stereocenters. The minimum absolute atomic E-state index is 0.0740. The molecule has 1 fully saturated rings. The minimum Gasteiger partial charge on any atom is -0.457 e. The lowest BCUT2D eigenvalue weighted by atomic mass is 10.0. The van der Waals surface area contributed by atoms with Crippen molar-refractivity contribution in [3.8, 4) is 23.0 Å². The average molecular weight is 525 g/mol. The van der Waals surface area contributed by atoms with Crippen LogP contribution in [0.25, 0.3) is 11.5 Å². The van der Waals surface area contributed by atoms with Crippen molar-refractivity contribution in [1.29, 1.82) is 0 Å². The molecular weight excluding hydrogens is 506 g/mol. The molecule has 0 aliphatic heterocycles. The number of benzene rings is 2. The number of anilines is 2. The molecule has 0 unspecified atom stereocenters. The van der Waals surface area contributed by atoms with Crippen molar-refractivity contribution in [2.45, 2.75) is 19.0 Å². The third-order valence-corrected chi connectivity index (χ3v) is 6.10. The van der Waals surface area contributed by atoms with E-state index in [9.17, 15) is 27.2 Å². The van der Waals surface area contributed by atoms with Crippen LogP contribution in [0, 0.1) is 11.2 Å². The Morgan fingerprint density at radius 3 is 2.13 bits per heavy atom. The van der Waals surface area contributed by atoms with Gasteiger partial charge in [-0.05, 0) is 67.4 Å². The van der Waals surface area contributed by atoms with Crippen LogP contribution >= 0.6 is 0 Å². The summed E-state index contributed by atoms with van der Waals surface area (Å²) in [6.07, 6.45) is -1.87. The SMILES string of the molecule is NC(=O)C1(C(=O)N(c2ccc(F)cc2)c2ccc(Oc3ccnc(-c4ncc(C(F)(F)F)[nH]4)c3)cc2)CC1. The molecule has 38 heavy (non-hydrogen) atoms. The number of nitrogens with one attached hydrogen (secondary N) is 1. The van der Waals surface area contributed by atoms with Crippen molar-refractivity contribution in [3.05, 3.63) is 84.6 Å². The van der Waals surface area contributed by atoms with Gasteiger partial charge in [-0.25, -0.2) is 9.37 Å². The van der Waals surface area contributed by atoms with Crippen LogP contribution in [-0.2, 0) is 15.8 Å². The number of carbonyl (C=O) groups excluding carboxylic acids is 2. The fourth-order valence-corrected chi connectivity index (χ4v) is 3.88. The highest BCUT2D eigenvalue weighted by Crippen LogP contribution is 2.49. The smallest absolute Gasteiger partial charge is 0.432 e. The Labute approximate surface area is 213 Å². The Morgan fingerprint density at radius 2 is 1.58 bits per heavy atom. The average Bonchev–Trinajstić information content (AvgIpc) is 3.55. The number of pyridine rings is 1. The van der Waals surface area contributed by atoms with Gasteiger partial charge in [0.15, 0.2) is 5.82 Å². The molecule has 2 amide bonds.